The summed E-state index contributed by atoms with van der Waals surface area (Å²) in [7, 11) is 0. The Kier molecular flexibility index (Phi) is 7.39. The van der Waals surface area contributed by atoms with Crippen molar-refractivity contribution in [1.82, 2.24) is 15.0 Å². The van der Waals surface area contributed by atoms with E-state index in [2.05, 4.69) is 166 Å². The summed E-state index contributed by atoms with van der Waals surface area (Å²) in [5.41, 5.74) is 9.42. The van der Waals surface area contributed by atoms with Gasteiger partial charge in [-0.15, -0.1) is 11.3 Å². The van der Waals surface area contributed by atoms with E-state index in [1.807, 2.05) is 23.5 Å². The summed E-state index contributed by atoms with van der Waals surface area (Å²) in [4.78, 5) is 15.7. The molecule has 4 nitrogen and oxygen atoms in total. The van der Waals surface area contributed by atoms with Gasteiger partial charge in [0.15, 0.2) is 11.6 Å². The van der Waals surface area contributed by atoms with Gasteiger partial charge in [-0.3, -0.25) is 0 Å². The number of fused-ring (bicyclic) bond motifs is 7. The second-order valence-corrected chi connectivity index (χ2v) is 16.7. The molecule has 3 aliphatic carbocycles. The molecule has 3 aromatic heterocycles. The van der Waals surface area contributed by atoms with Crippen molar-refractivity contribution in [1.29, 1.82) is 0 Å². The van der Waals surface area contributed by atoms with Crippen LogP contribution >= 0.6 is 11.3 Å². The molecule has 8 aromatic rings. The fourth-order valence-electron chi connectivity index (χ4n) is 8.72. The smallest absolute Gasteiger partial charge is 0.164 e. The zero-order valence-corrected chi connectivity index (χ0v) is 32.0. The van der Waals surface area contributed by atoms with Crippen LogP contribution in [0.4, 0.5) is 0 Å². The normalized spacial score (nSPS) is 20.2. The topological polar surface area (TPSA) is 51.8 Å². The number of thiophene rings is 1. The standard InChI is InChI=1S/C51H37N3OS/c1-50(27-7-3-8-28-50)49-53-47(33-21-19-32(20-22-33)37-14-10-15-39-38-13-4-5-18-44(38)56-46(37)39)52-48(54-49)40-16-11-17-43-45(40)41-30-34(24-26-42(41)55-43)35-23-25-36-12-6-9-29-51(36,2)31-35/h3-27,29-30H,28,31H2,1-2H3. The first-order valence-electron chi connectivity index (χ1n) is 19.3. The van der Waals surface area contributed by atoms with Crippen molar-refractivity contribution < 1.29 is 4.42 Å². The highest BCUT2D eigenvalue weighted by atomic mass is 32.1. The minimum absolute atomic E-state index is 0.0158. The summed E-state index contributed by atoms with van der Waals surface area (Å²) in [5, 5.41) is 4.67. The summed E-state index contributed by atoms with van der Waals surface area (Å²) in [5.74, 6) is 2.05. The van der Waals surface area contributed by atoms with E-state index in [1.54, 1.807) is 0 Å². The van der Waals surface area contributed by atoms with E-state index in [0.29, 0.717) is 11.6 Å². The molecule has 5 heteroatoms. The summed E-state index contributed by atoms with van der Waals surface area (Å²) in [6.07, 6.45) is 23.7. The molecule has 5 aromatic carbocycles. The molecule has 268 valence electrons. The molecular formula is C51H37N3OS. The van der Waals surface area contributed by atoms with Gasteiger partial charge in [0, 0.05) is 52.9 Å². The molecule has 0 fully saturated rings. The van der Waals surface area contributed by atoms with Crippen LogP contribution in [0.1, 0.15) is 38.1 Å². The first kappa shape index (κ1) is 33.0. The molecule has 2 atom stereocenters. The predicted octanol–water partition coefficient (Wildman–Crippen LogP) is 13.8. The molecule has 0 spiro atoms. The Balaban J connectivity index is 1.04. The number of benzene rings is 5. The largest absolute Gasteiger partial charge is 0.456 e. The van der Waals surface area contributed by atoms with Crippen molar-refractivity contribution in [3.63, 3.8) is 0 Å². The first-order chi connectivity index (χ1) is 27.4. The fourth-order valence-corrected chi connectivity index (χ4v) is 9.96. The number of allylic oxidation sites excluding steroid dienone is 12. The van der Waals surface area contributed by atoms with Crippen molar-refractivity contribution in [2.75, 3.05) is 0 Å². The molecule has 11 rings (SSSR count). The number of rotatable bonds is 5. The Morgan fingerprint density at radius 3 is 2.27 bits per heavy atom. The van der Waals surface area contributed by atoms with Crippen molar-refractivity contribution in [3.8, 4) is 33.9 Å². The summed E-state index contributed by atoms with van der Waals surface area (Å²) < 4.78 is 9.12. The van der Waals surface area contributed by atoms with Crippen LogP contribution in [0, 0.1) is 5.41 Å². The van der Waals surface area contributed by atoms with Gasteiger partial charge in [-0.25, -0.2) is 15.0 Å². The highest BCUT2D eigenvalue weighted by molar-refractivity contribution is 7.26. The molecule has 0 saturated carbocycles. The number of furan rings is 1. The van der Waals surface area contributed by atoms with Crippen LogP contribution < -0.4 is 0 Å². The van der Waals surface area contributed by atoms with Gasteiger partial charge in [-0.2, -0.15) is 0 Å². The Labute approximate surface area is 329 Å². The number of nitrogens with zero attached hydrogens (tertiary/aromatic N) is 3. The van der Waals surface area contributed by atoms with E-state index >= 15 is 0 Å². The zero-order chi connectivity index (χ0) is 37.4. The van der Waals surface area contributed by atoms with Crippen LogP contribution in [0.5, 0.6) is 0 Å². The Hall–Kier alpha value is -6.43. The molecule has 56 heavy (non-hydrogen) atoms. The van der Waals surface area contributed by atoms with Crippen LogP contribution in [-0.4, -0.2) is 15.0 Å². The van der Waals surface area contributed by atoms with Crippen LogP contribution in [0.2, 0.25) is 0 Å². The maximum absolute atomic E-state index is 6.51. The van der Waals surface area contributed by atoms with E-state index in [0.717, 1.165) is 51.7 Å². The summed E-state index contributed by atoms with van der Waals surface area (Å²) >= 11 is 1.85. The van der Waals surface area contributed by atoms with Crippen LogP contribution in [0.3, 0.4) is 0 Å². The van der Waals surface area contributed by atoms with Gasteiger partial charge in [0.25, 0.3) is 0 Å². The van der Waals surface area contributed by atoms with E-state index in [-0.39, 0.29) is 10.8 Å². The number of aromatic nitrogens is 3. The molecule has 3 heterocycles. The summed E-state index contributed by atoms with van der Waals surface area (Å²) in [6.45, 7) is 4.53. The molecule has 0 bridgehead atoms. The molecule has 0 amide bonds. The van der Waals surface area contributed by atoms with Crippen LogP contribution in [0.15, 0.2) is 174 Å². The molecule has 0 radical (unpaired) electrons. The van der Waals surface area contributed by atoms with Gasteiger partial charge < -0.3 is 4.42 Å². The highest BCUT2D eigenvalue weighted by Crippen LogP contribution is 2.46. The Bertz CT molecular complexity index is 3110. The summed E-state index contributed by atoms with van der Waals surface area (Å²) in [6, 6.07) is 36.8. The molecule has 2 unspecified atom stereocenters. The van der Waals surface area contributed by atoms with E-state index in [4.69, 9.17) is 19.4 Å². The lowest BCUT2D eigenvalue weighted by molar-refractivity contribution is 0.535. The van der Waals surface area contributed by atoms with E-state index < -0.39 is 0 Å². The molecule has 0 aliphatic heterocycles. The quantitative estimate of drug-likeness (QED) is 0.176. The van der Waals surface area contributed by atoms with Gasteiger partial charge >= 0.3 is 0 Å². The van der Waals surface area contributed by atoms with Crippen molar-refractivity contribution >= 4 is 59.0 Å². The minimum Gasteiger partial charge on any atom is -0.456 e. The Morgan fingerprint density at radius 2 is 1.38 bits per heavy atom. The third-order valence-electron chi connectivity index (χ3n) is 11.9. The lowest BCUT2D eigenvalue weighted by atomic mass is 9.70. The predicted molar refractivity (Wildman–Crippen MR) is 234 cm³/mol. The van der Waals surface area contributed by atoms with Gasteiger partial charge in [0.1, 0.15) is 17.0 Å². The second kappa shape index (κ2) is 12.6. The van der Waals surface area contributed by atoms with E-state index in [9.17, 15) is 0 Å². The van der Waals surface area contributed by atoms with Crippen molar-refractivity contribution in [2.45, 2.75) is 32.1 Å². The zero-order valence-electron chi connectivity index (χ0n) is 31.2. The molecular weight excluding hydrogens is 703 g/mol. The maximum Gasteiger partial charge on any atom is 0.164 e. The monoisotopic (exact) mass is 739 g/mol. The lowest BCUT2D eigenvalue weighted by Crippen LogP contribution is -2.24. The van der Waals surface area contributed by atoms with Gasteiger partial charge in [-0.05, 0) is 71.9 Å². The minimum atomic E-state index is -0.379. The number of hydrogen-bond donors (Lipinski definition) is 0. The maximum atomic E-state index is 6.51. The average molecular weight is 740 g/mol. The van der Waals surface area contributed by atoms with Gasteiger partial charge in [-0.1, -0.05) is 147 Å². The Morgan fingerprint density at radius 1 is 0.607 bits per heavy atom. The lowest BCUT2D eigenvalue weighted by Gasteiger charge is -2.33. The van der Waals surface area contributed by atoms with Gasteiger partial charge in [0.05, 0.1) is 0 Å². The fraction of sp³-hybridized carbons (Fsp3) is 0.118. The van der Waals surface area contributed by atoms with Gasteiger partial charge in [0.2, 0.25) is 0 Å². The van der Waals surface area contributed by atoms with Crippen molar-refractivity contribution in [3.05, 3.63) is 181 Å². The SMILES string of the molecule is CC12C=CC=CC1=CC=C(c1ccc3oc4cccc(-c5nc(-c6ccc(-c7cccc8c7sc7ccccc78)cc6)nc(C6(C)C=CC=CC6)n5)c4c3c1)C2. The van der Waals surface area contributed by atoms with Crippen LogP contribution in [-0.2, 0) is 5.41 Å². The number of hydrogen-bond acceptors (Lipinski definition) is 5. The first-order valence-corrected chi connectivity index (χ1v) is 20.1. The van der Waals surface area contributed by atoms with E-state index in [1.165, 1.54) is 48.0 Å². The van der Waals surface area contributed by atoms with Crippen LogP contribution in [0.25, 0.3) is 81.6 Å². The second-order valence-electron chi connectivity index (χ2n) is 15.7. The van der Waals surface area contributed by atoms with Crippen molar-refractivity contribution in [2.24, 2.45) is 5.41 Å². The highest BCUT2D eigenvalue weighted by Gasteiger charge is 2.31. The third-order valence-corrected chi connectivity index (χ3v) is 13.1. The average Bonchev–Trinajstić information content (AvgIpc) is 3.82. The molecule has 0 saturated heterocycles. The third kappa shape index (κ3) is 5.30. The molecule has 0 N–H and O–H groups in total. The molecule has 3 aliphatic rings.